The van der Waals surface area contributed by atoms with Gasteiger partial charge in [0.25, 0.3) is 5.91 Å². The van der Waals surface area contributed by atoms with Gasteiger partial charge in [-0.15, -0.1) is 0 Å². The van der Waals surface area contributed by atoms with E-state index >= 15 is 0 Å². The van der Waals surface area contributed by atoms with Crippen molar-refractivity contribution in [1.82, 2.24) is 15.4 Å². The van der Waals surface area contributed by atoms with E-state index in [1.54, 1.807) is 19.2 Å². The van der Waals surface area contributed by atoms with Gasteiger partial charge in [0.15, 0.2) is 11.5 Å². The molecule has 1 atom stereocenters. The molecule has 2 heterocycles. The number of benzene rings is 2. The van der Waals surface area contributed by atoms with Crippen molar-refractivity contribution in [2.24, 2.45) is 0 Å². The highest BCUT2D eigenvalue weighted by atomic mass is 16.5. The highest BCUT2D eigenvalue weighted by Gasteiger charge is 2.28. The number of amides is 2. The minimum atomic E-state index is -0.667. The van der Waals surface area contributed by atoms with E-state index < -0.39 is 11.9 Å². The lowest BCUT2D eigenvalue weighted by atomic mass is 10.0. The Morgan fingerprint density at radius 1 is 1.06 bits per heavy atom. The Labute approximate surface area is 187 Å². The van der Waals surface area contributed by atoms with Crippen LogP contribution in [0.2, 0.25) is 0 Å². The molecule has 0 spiro atoms. The standard InChI is InChI=1S/C25H27N3O4/c1-31-20-12-8-11-19(16-20)23-17-21(27-32-23)24(29)26-22(15-18-9-4-2-5-10-18)25(30)28-13-6-3-7-14-28/h2,4-5,8-12,16-17,22H,3,6-7,13-15H2,1H3,(H,26,29). The Hall–Kier alpha value is -3.61. The molecule has 166 valence electrons. The average molecular weight is 434 g/mol. The summed E-state index contributed by atoms with van der Waals surface area (Å²) < 4.78 is 10.6. The summed E-state index contributed by atoms with van der Waals surface area (Å²) in [6, 6.07) is 17.9. The van der Waals surface area contributed by atoms with Gasteiger partial charge in [-0.1, -0.05) is 47.6 Å². The van der Waals surface area contributed by atoms with E-state index in [1.807, 2.05) is 53.4 Å². The Balaban J connectivity index is 1.51. The minimum Gasteiger partial charge on any atom is -0.497 e. The third kappa shape index (κ3) is 5.17. The fraction of sp³-hybridized carbons (Fsp3) is 0.320. The van der Waals surface area contributed by atoms with E-state index in [1.165, 1.54) is 0 Å². The zero-order chi connectivity index (χ0) is 22.3. The van der Waals surface area contributed by atoms with Crippen molar-refractivity contribution in [1.29, 1.82) is 0 Å². The van der Waals surface area contributed by atoms with Crippen LogP contribution in [0.25, 0.3) is 11.3 Å². The molecule has 1 saturated heterocycles. The molecule has 0 bridgehead atoms. The normalized spacial score (nSPS) is 14.6. The van der Waals surface area contributed by atoms with Crippen LogP contribution in [0, 0.1) is 0 Å². The van der Waals surface area contributed by atoms with Crippen LogP contribution in [0.5, 0.6) is 5.75 Å². The highest BCUT2D eigenvalue weighted by Crippen LogP contribution is 2.24. The first-order chi connectivity index (χ1) is 15.6. The summed E-state index contributed by atoms with van der Waals surface area (Å²) in [5.41, 5.74) is 1.87. The molecule has 0 aliphatic carbocycles. The second kappa shape index (κ2) is 10.1. The molecular weight excluding hydrogens is 406 g/mol. The zero-order valence-electron chi connectivity index (χ0n) is 18.1. The quantitative estimate of drug-likeness (QED) is 0.614. The Morgan fingerprint density at radius 2 is 1.84 bits per heavy atom. The summed E-state index contributed by atoms with van der Waals surface area (Å²) in [6.45, 7) is 1.45. The molecular formula is C25H27N3O4. The molecule has 1 aliphatic rings. The van der Waals surface area contributed by atoms with Crippen molar-refractivity contribution in [3.05, 3.63) is 71.9 Å². The average Bonchev–Trinajstić information content (AvgIpc) is 3.35. The topological polar surface area (TPSA) is 84.7 Å². The molecule has 2 amide bonds. The van der Waals surface area contributed by atoms with Crippen molar-refractivity contribution in [3.8, 4) is 17.1 Å². The third-order valence-corrected chi connectivity index (χ3v) is 5.65. The monoisotopic (exact) mass is 433 g/mol. The number of piperidine rings is 1. The van der Waals surface area contributed by atoms with Gasteiger partial charge in [0.05, 0.1) is 7.11 Å². The molecule has 1 N–H and O–H groups in total. The van der Waals surface area contributed by atoms with Gasteiger partial charge in [0, 0.05) is 31.1 Å². The molecule has 3 aromatic rings. The highest BCUT2D eigenvalue weighted by molar-refractivity contribution is 5.96. The predicted molar refractivity (Wildman–Crippen MR) is 120 cm³/mol. The molecule has 1 fully saturated rings. The lowest BCUT2D eigenvalue weighted by Crippen LogP contribution is -2.51. The van der Waals surface area contributed by atoms with E-state index in [9.17, 15) is 9.59 Å². The van der Waals surface area contributed by atoms with Crippen molar-refractivity contribution < 1.29 is 18.8 Å². The largest absolute Gasteiger partial charge is 0.497 e. The maximum absolute atomic E-state index is 13.2. The van der Waals surface area contributed by atoms with Gasteiger partial charge < -0.3 is 19.5 Å². The van der Waals surface area contributed by atoms with Crippen LogP contribution in [0.4, 0.5) is 0 Å². The van der Waals surface area contributed by atoms with Gasteiger partial charge in [-0.2, -0.15) is 0 Å². The minimum absolute atomic E-state index is 0.0570. The van der Waals surface area contributed by atoms with Crippen molar-refractivity contribution >= 4 is 11.8 Å². The summed E-state index contributed by atoms with van der Waals surface area (Å²) in [7, 11) is 1.59. The second-order valence-electron chi connectivity index (χ2n) is 7.91. The summed E-state index contributed by atoms with van der Waals surface area (Å²) in [6.07, 6.45) is 3.53. The second-order valence-corrected chi connectivity index (χ2v) is 7.91. The number of carbonyl (C=O) groups is 2. The van der Waals surface area contributed by atoms with Crippen LogP contribution < -0.4 is 10.1 Å². The third-order valence-electron chi connectivity index (χ3n) is 5.65. The molecule has 7 heteroatoms. The van der Waals surface area contributed by atoms with Crippen LogP contribution in [0.1, 0.15) is 35.3 Å². The fourth-order valence-electron chi connectivity index (χ4n) is 3.91. The van der Waals surface area contributed by atoms with Gasteiger partial charge in [0.2, 0.25) is 5.91 Å². The van der Waals surface area contributed by atoms with Gasteiger partial charge >= 0.3 is 0 Å². The Kier molecular flexibility index (Phi) is 6.84. The molecule has 0 saturated carbocycles. The lowest BCUT2D eigenvalue weighted by molar-refractivity contribution is -0.134. The van der Waals surface area contributed by atoms with Crippen molar-refractivity contribution in [3.63, 3.8) is 0 Å². The summed E-state index contributed by atoms with van der Waals surface area (Å²) >= 11 is 0. The first kappa shape index (κ1) is 21.6. The van der Waals surface area contributed by atoms with Crippen LogP contribution in [0.3, 0.4) is 0 Å². The van der Waals surface area contributed by atoms with Gasteiger partial charge in [-0.25, -0.2) is 0 Å². The number of nitrogens with one attached hydrogen (secondary N) is 1. The predicted octanol–water partition coefficient (Wildman–Crippen LogP) is 3.70. The van der Waals surface area contributed by atoms with E-state index in [2.05, 4.69) is 10.5 Å². The number of ether oxygens (including phenoxy) is 1. The van der Waals surface area contributed by atoms with Crippen molar-refractivity contribution in [2.45, 2.75) is 31.7 Å². The number of carbonyl (C=O) groups excluding carboxylic acids is 2. The summed E-state index contributed by atoms with van der Waals surface area (Å²) in [5, 5.41) is 6.82. The van der Waals surface area contributed by atoms with Gasteiger partial charge in [0.1, 0.15) is 11.8 Å². The lowest BCUT2D eigenvalue weighted by Gasteiger charge is -2.30. The Morgan fingerprint density at radius 3 is 2.59 bits per heavy atom. The molecule has 1 aromatic heterocycles. The number of aromatic nitrogens is 1. The van der Waals surface area contributed by atoms with Gasteiger partial charge in [-0.3, -0.25) is 9.59 Å². The number of hydrogen-bond donors (Lipinski definition) is 1. The SMILES string of the molecule is COc1cccc(-c2cc(C(=O)NC(Cc3ccccc3)C(=O)N3CCCCC3)no2)c1. The first-order valence-electron chi connectivity index (χ1n) is 10.9. The summed E-state index contributed by atoms with van der Waals surface area (Å²) in [5.74, 6) is 0.642. The van der Waals surface area contributed by atoms with Crippen LogP contribution in [-0.4, -0.2) is 48.1 Å². The first-order valence-corrected chi connectivity index (χ1v) is 10.9. The van der Waals surface area contributed by atoms with Crippen LogP contribution >= 0.6 is 0 Å². The van der Waals surface area contributed by atoms with Crippen LogP contribution in [0.15, 0.2) is 65.2 Å². The number of methoxy groups -OCH3 is 1. The Bertz CT molecular complexity index is 1060. The number of hydrogen-bond acceptors (Lipinski definition) is 5. The maximum Gasteiger partial charge on any atom is 0.274 e. The number of rotatable bonds is 7. The van der Waals surface area contributed by atoms with Crippen molar-refractivity contribution in [2.75, 3.05) is 20.2 Å². The number of likely N-dealkylation sites (tertiary alicyclic amines) is 1. The van der Waals surface area contributed by atoms with E-state index in [-0.39, 0.29) is 11.6 Å². The number of nitrogens with zero attached hydrogens (tertiary/aromatic N) is 2. The molecule has 1 unspecified atom stereocenters. The molecule has 0 radical (unpaired) electrons. The van der Waals surface area contributed by atoms with E-state index in [4.69, 9.17) is 9.26 Å². The van der Waals surface area contributed by atoms with E-state index in [0.717, 1.165) is 43.5 Å². The molecule has 1 aliphatic heterocycles. The van der Waals surface area contributed by atoms with E-state index in [0.29, 0.717) is 17.9 Å². The maximum atomic E-state index is 13.2. The fourth-order valence-corrected chi connectivity index (χ4v) is 3.91. The molecule has 32 heavy (non-hydrogen) atoms. The molecule has 4 rings (SSSR count). The smallest absolute Gasteiger partial charge is 0.274 e. The van der Waals surface area contributed by atoms with Crippen LogP contribution in [-0.2, 0) is 11.2 Å². The molecule has 2 aromatic carbocycles. The van der Waals surface area contributed by atoms with Gasteiger partial charge in [-0.05, 0) is 37.0 Å². The molecule has 7 nitrogen and oxygen atoms in total. The summed E-state index contributed by atoms with van der Waals surface area (Å²) in [4.78, 5) is 28.0. The zero-order valence-corrected chi connectivity index (χ0v) is 18.1.